The van der Waals surface area contributed by atoms with Crippen molar-refractivity contribution in [3.8, 4) is 0 Å². The van der Waals surface area contributed by atoms with E-state index in [0.717, 1.165) is 57.8 Å². The Kier molecular flexibility index (Phi) is 41.1. The lowest BCUT2D eigenvalue weighted by atomic mass is 10.0. The zero-order chi connectivity index (χ0) is 41.8. The highest BCUT2D eigenvalue weighted by Crippen LogP contribution is 2.42. The van der Waals surface area contributed by atoms with E-state index in [-0.39, 0.29) is 32.1 Å². The molecule has 10 heteroatoms. The topological polar surface area (TPSA) is 131 Å². The van der Waals surface area contributed by atoms with Crippen LogP contribution in [0.4, 0.5) is 0 Å². The first-order chi connectivity index (χ1) is 27.8. The van der Waals surface area contributed by atoms with Crippen molar-refractivity contribution in [2.45, 2.75) is 187 Å². The molecule has 0 rings (SSSR count). The number of carbonyl (C=O) groups excluding carboxylic acids is 2. The molecule has 0 aliphatic heterocycles. The van der Waals surface area contributed by atoms with Crippen molar-refractivity contribution in [1.82, 2.24) is 5.32 Å². The number of hydrogen-bond donors (Lipinski definition) is 3. The number of phosphoric ester groups is 1. The maximum Gasteiger partial charge on any atom is 0.472 e. The summed E-state index contributed by atoms with van der Waals surface area (Å²) in [6.07, 6.45) is 52.7. The van der Waals surface area contributed by atoms with E-state index in [2.05, 4.69) is 79.9 Å². The van der Waals surface area contributed by atoms with Crippen molar-refractivity contribution in [2.24, 2.45) is 0 Å². The number of allylic oxidation sites excluding steroid dienone is 12. The molecule has 1 amide bonds. The van der Waals surface area contributed by atoms with Crippen LogP contribution in [0.1, 0.15) is 181 Å². The van der Waals surface area contributed by atoms with Crippen LogP contribution < -0.4 is 5.32 Å². The summed E-state index contributed by atoms with van der Waals surface area (Å²) in [5.41, 5.74) is 0. The number of unbranched alkanes of at least 4 members (excludes halogenated alkanes) is 16. The molecule has 0 aromatic carbocycles. The Morgan fingerprint density at radius 1 is 0.561 bits per heavy atom. The fraction of sp³-hybridized carbons (Fsp3) is 0.702. The van der Waals surface area contributed by atoms with E-state index in [1.54, 1.807) is 0 Å². The number of nitrogens with one attached hydrogen (secondary N) is 1. The van der Waals surface area contributed by atoms with Gasteiger partial charge in [-0.05, 0) is 51.4 Å². The number of rotatable bonds is 41. The highest BCUT2D eigenvalue weighted by molar-refractivity contribution is 7.47. The number of carbonyl (C=O) groups is 2. The van der Waals surface area contributed by atoms with Gasteiger partial charge in [-0.1, -0.05) is 189 Å². The van der Waals surface area contributed by atoms with E-state index in [9.17, 15) is 24.2 Å². The van der Waals surface area contributed by atoms with E-state index in [4.69, 9.17) is 13.8 Å². The van der Waals surface area contributed by atoms with Gasteiger partial charge in [0.25, 0.3) is 0 Å². The summed E-state index contributed by atoms with van der Waals surface area (Å²) in [5, 5.41) is 12.7. The predicted molar refractivity (Wildman–Crippen MR) is 238 cm³/mol. The summed E-state index contributed by atoms with van der Waals surface area (Å²) in [6, 6.07) is 0. The van der Waals surface area contributed by atoms with Crippen LogP contribution in [0.25, 0.3) is 0 Å². The molecule has 2 atom stereocenters. The zero-order valence-corrected chi connectivity index (χ0v) is 36.9. The Balaban J connectivity index is 3.69. The first kappa shape index (κ1) is 54.5. The third-order valence-electron chi connectivity index (χ3n) is 9.16. The van der Waals surface area contributed by atoms with Gasteiger partial charge in [-0.2, -0.15) is 0 Å². The normalized spacial score (nSPS) is 14.0. The first-order valence-corrected chi connectivity index (χ1v) is 23.9. The number of hydrogen-bond acceptors (Lipinski definition) is 7. The van der Waals surface area contributed by atoms with E-state index in [1.807, 2.05) is 12.2 Å². The number of aliphatic hydroxyl groups excluding tert-OH is 1. The van der Waals surface area contributed by atoms with Crippen LogP contribution in [0.15, 0.2) is 72.9 Å². The summed E-state index contributed by atoms with van der Waals surface area (Å²) in [4.78, 5) is 33.9. The van der Waals surface area contributed by atoms with E-state index < -0.39 is 26.5 Å². The van der Waals surface area contributed by atoms with Gasteiger partial charge in [-0.15, -0.1) is 0 Å². The van der Waals surface area contributed by atoms with Crippen LogP contribution in [-0.2, 0) is 27.9 Å². The van der Waals surface area contributed by atoms with Gasteiger partial charge in [-0.3, -0.25) is 18.6 Å². The molecule has 328 valence electrons. The Bertz CT molecular complexity index is 1160. The average molecular weight is 820 g/mol. The van der Waals surface area contributed by atoms with Crippen LogP contribution in [0.2, 0.25) is 0 Å². The van der Waals surface area contributed by atoms with Crippen LogP contribution in [0.3, 0.4) is 0 Å². The van der Waals surface area contributed by atoms with Crippen molar-refractivity contribution >= 4 is 19.7 Å². The molecule has 3 N–H and O–H groups in total. The minimum absolute atomic E-state index is 0.0721. The largest absolute Gasteiger partial charge is 0.472 e. The molecular weight excluding hydrogens is 737 g/mol. The van der Waals surface area contributed by atoms with Gasteiger partial charge >= 0.3 is 13.8 Å². The molecule has 0 saturated heterocycles. The second kappa shape index (κ2) is 43.0. The van der Waals surface area contributed by atoms with Gasteiger partial charge in [0.15, 0.2) is 0 Å². The van der Waals surface area contributed by atoms with Crippen molar-refractivity contribution < 1.29 is 37.9 Å². The molecule has 0 heterocycles. The van der Waals surface area contributed by atoms with Crippen molar-refractivity contribution in [3.05, 3.63) is 72.9 Å². The zero-order valence-electron chi connectivity index (χ0n) is 36.0. The van der Waals surface area contributed by atoms with Crippen molar-refractivity contribution in [3.63, 3.8) is 0 Å². The lowest BCUT2D eigenvalue weighted by Gasteiger charge is -2.15. The molecule has 9 nitrogen and oxygen atoms in total. The van der Waals surface area contributed by atoms with Gasteiger partial charge in [0.2, 0.25) is 5.91 Å². The predicted octanol–water partition coefficient (Wildman–Crippen LogP) is 12.7. The minimum atomic E-state index is -4.44. The van der Waals surface area contributed by atoms with Crippen molar-refractivity contribution in [1.29, 1.82) is 0 Å². The Morgan fingerprint density at radius 2 is 0.982 bits per heavy atom. The van der Waals surface area contributed by atoms with E-state index >= 15 is 0 Å². The SMILES string of the molecule is CC/C=C\C/C=C\C/C=C\C/C=C\C/C=C\C/C=C\CCC(=O)OCC(O)COP(=O)(O)OCCNC(=O)CCCCCCCCCCCCCCCCCCC. The number of esters is 1. The molecule has 0 spiro atoms. The highest BCUT2D eigenvalue weighted by Gasteiger charge is 2.23. The molecule has 2 unspecified atom stereocenters. The molecular formula is C47H82NO8P. The van der Waals surface area contributed by atoms with Gasteiger partial charge < -0.3 is 20.1 Å². The summed E-state index contributed by atoms with van der Waals surface area (Å²) in [7, 11) is -4.44. The number of ether oxygens (including phenoxy) is 1. The number of aliphatic hydroxyl groups is 1. The molecule has 57 heavy (non-hydrogen) atoms. The summed E-state index contributed by atoms with van der Waals surface area (Å²) in [6.45, 7) is 3.36. The first-order valence-electron chi connectivity index (χ1n) is 22.4. The van der Waals surface area contributed by atoms with E-state index in [1.165, 1.54) is 89.9 Å². The number of amides is 1. The maximum absolute atomic E-state index is 12.1. The molecule has 0 radical (unpaired) electrons. The molecule has 0 bridgehead atoms. The molecule has 0 aliphatic carbocycles. The Hall–Kier alpha value is -2.55. The van der Waals surface area contributed by atoms with Crippen LogP contribution in [-0.4, -0.2) is 54.3 Å². The van der Waals surface area contributed by atoms with Crippen LogP contribution in [0.5, 0.6) is 0 Å². The molecule has 0 aromatic heterocycles. The minimum Gasteiger partial charge on any atom is -0.463 e. The highest BCUT2D eigenvalue weighted by atomic mass is 31.2. The average Bonchev–Trinajstić information content (AvgIpc) is 3.20. The monoisotopic (exact) mass is 820 g/mol. The Labute approximate surface area is 348 Å². The third-order valence-corrected chi connectivity index (χ3v) is 10.1. The van der Waals surface area contributed by atoms with Gasteiger partial charge in [-0.25, -0.2) is 4.57 Å². The molecule has 0 aliphatic rings. The third kappa shape index (κ3) is 44.4. The van der Waals surface area contributed by atoms with Crippen molar-refractivity contribution in [2.75, 3.05) is 26.4 Å². The molecule has 0 fully saturated rings. The van der Waals surface area contributed by atoms with Gasteiger partial charge in [0.05, 0.1) is 13.2 Å². The summed E-state index contributed by atoms with van der Waals surface area (Å²) in [5.74, 6) is -0.603. The smallest absolute Gasteiger partial charge is 0.463 e. The fourth-order valence-corrected chi connectivity index (χ4v) is 6.57. The molecule has 0 aromatic rings. The lowest BCUT2D eigenvalue weighted by Crippen LogP contribution is -2.27. The van der Waals surface area contributed by atoms with Gasteiger partial charge in [0, 0.05) is 19.4 Å². The number of phosphoric acid groups is 1. The van der Waals surface area contributed by atoms with Crippen LogP contribution >= 0.6 is 7.82 Å². The van der Waals surface area contributed by atoms with Crippen LogP contribution in [0, 0.1) is 0 Å². The quantitative estimate of drug-likeness (QED) is 0.0240. The maximum atomic E-state index is 12.1. The summed E-state index contributed by atoms with van der Waals surface area (Å²) < 4.78 is 26.8. The Morgan fingerprint density at radius 3 is 1.44 bits per heavy atom. The summed E-state index contributed by atoms with van der Waals surface area (Å²) >= 11 is 0. The fourth-order valence-electron chi connectivity index (χ4n) is 5.82. The second-order valence-corrected chi connectivity index (χ2v) is 16.1. The lowest BCUT2D eigenvalue weighted by molar-refractivity contribution is -0.147. The second-order valence-electron chi connectivity index (χ2n) is 14.6. The molecule has 0 saturated carbocycles. The van der Waals surface area contributed by atoms with E-state index in [0.29, 0.717) is 12.8 Å². The van der Waals surface area contributed by atoms with Gasteiger partial charge in [0.1, 0.15) is 12.7 Å². The standard InChI is InChI=1S/C47H82NO8P/c1-3-5-7-9-11-13-15-17-19-21-22-24-26-28-30-32-34-36-38-40-47(51)54-43-45(49)44-56-57(52,53)55-42-41-48-46(50)39-37-35-33-31-29-27-25-23-20-18-16-14-12-10-8-6-4-2/h5,7,11,13,17,19,22,24,28,30,34,36,45,49H,3-4,6,8-10,12,14-16,18,20-21,23,25-27,29,31-33,35,37-44H2,1-2H3,(H,48,50)(H,52,53)/b7-5-,13-11-,19-17-,24-22-,30-28-,36-34-.